The molecule has 1 aromatic heterocycles. The summed E-state index contributed by atoms with van der Waals surface area (Å²) in [4.78, 5) is 12.8. The molecule has 0 aliphatic carbocycles. The fourth-order valence-electron chi connectivity index (χ4n) is 2.15. The second-order valence-electron chi connectivity index (χ2n) is 5.31. The molecule has 3 rings (SSSR count). The summed E-state index contributed by atoms with van der Waals surface area (Å²) in [6, 6.07) is 17.0. The van der Waals surface area contributed by atoms with Crippen LogP contribution in [-0.2, 0) is 0 Å². The van der Waals surface area contributed by atoms with Crippen molar-refractivity contribution in [2.45, 2.75) is 13.8 Å². The van der Waals surface area contributed by atoms with E-state index in [0.717, 1.165) is 5.75 Å². The van der Waals surface area contributed by atoms with Crippen molar-refractivity contribution in [3.63, 3.8) is 0 Å². The number of nitrogens with one attached hydrogen (secondary N) is 1. The number of ether oxygens (including phenoxy) is 1. The topological polar surface area (TPSA) is 38.3 Å². The Morgan fingerprint density at radius 3 is 2.52 bits per heavy atom. The van der Waals surface area contributed by atoms with Gasteiger partial charge in [0.25, 0.3) is 5.91 Å². The summed E-state index contributed by atoms with van der Waals surface area (Å²) in [5.41, 5.74) is 3.13. The Labute approximate surface area is 139 Å². The van der Waals surface area contributed by atoms with Gasteiger partial charge >= 0.3 is 0 Å². The first-order chi connectivity index (χ1) is 11.1. The van der Waals surface area contributed by atoms with E-state index in [2.05, 4.69) is 19.2 Å². The third-order valence-corrected chi connectivity index (χ3v) is 4.42. The minimum Gasteiger partial charge on any atom is -0.457 e. The molecule has 0 radical (unpaired) electrons. The van der Waals surface area contributed by atoms with E-state index < -0.39 is 0 Å². The quantitative estimate of drug-likeness (QED) is 0.697. The Morgan fingerprint density at radius 2 is 1.78 bits per heavy atom. The SMILES string of the molecule is Cc1ccc(Oc2cccc(NC(=O)c3cccs3)c2)cc1C. The molecule has 0 bridgehead atoms. The number of hydrogen-bond donors (Lipinski definition) is 1. The van der Waals surface area contributed by atoms with E-state index in [1.807, 2.05) is 53.9 Å². The third kappa shape index (κ3) is 3.79. The fraction of sp³-hybridized carbons (Fsp3) is 0.105. The van der Waals surface area contributed by atoms with Crippen LogP contribution in [0.15, 0.2) is 60.0 Å². The van der Waals surface area contributed by atoms with E-state index >= 15 is 0 Å². The van der Waals surface area contributed by atoms with Crippen LogP contribution in [0.5, 0.6) is 11.5 Å². The van der Waals surface area contributed by atoms with Gasteiger partial charge in [-0.05, 0) is 60.7 Å². The largest absolute Gasteiger partial charge is 0.457 e. The number of carbonyl (C=O) groups excluding carboxylic acids is 1. The van der Waals surface area contributed by atoms with Crippen LogP contribution in [-0.4, -0.2) is 5.91 Å². The van der Waals surface area contributed by atoms with Gasteiger partial charge < -0.3 is 10.1 Å². The van der Waals surface area contributed by atoms with Crippen LogP contribution >= 0.6 is 11.3 Å². The molecule has 1 amide bonds. The normalized spacial score (nSPS) is 10.3. The number of amides is 1. The molecule has 0 saturated heterocycles. The summed E-state index contributed by atoms with van der Waals surface area (Å²) < 4.78 is 5.88. The molecular formula is C19H17NO2S. The van der Waals surface area contributed by atoms with Crippen LogP contribution < -0.4 is 10.1 Å². The van der Waals surface area contributed by atoms with Gasteiger partial charge in [-0.25, -0.2) is 0 Å². The zero-order valence-electron chi connectivity index (χ0n) is 13.0. The zero-order valence-corrected chi connectivity index (χ0v) is 13.8. The molecule has 0 fully saturated rings. The Bertz CT molecular complexity index is 825. The van der Waals surface area contributed by atoms with Crippen molar-refractivity contribution < 1.29 is 9.53 Å². The predicted molar refractivity (Wildman–Crippen MR) is 94.7 cm³/mol. The molecule has 0 aliphatic rings. The lowest BCUT2D eigenvalue weighted by molar-refractivity contribution is 0.103. The fourth-order valence-corrected chi connectivity index (χ4v) is 2.77. The van der Waals surface area contributed by atoms with Gasteiger partial charge in [0.2, 0.25) is 0 Å². The first kappa shape index (κ1) is 15.3. The van der Waals surface area contributed by atoms with E-state index in [-0.39, 0.29) is 5.91 Å². The van der Waals surface area contributed by atoms with Gasteiger partial charge in [0.05, 0.1) is 4.88 Å². The zero-order chi connectivity index (χ0) is 16.2. The van der Waals surface area contributed by atoms with Crippen LogP contribution in [0.3, 0.4) is 0 Å². The summed E-state index contributed by atoms with van der Waals surface area (Å²) in [7, 11) is 0. The van der Waals surface area contributed by atoms with Gasteiger partial charge in [0.15, 0.2) is 0 Å². The molecule has 0 aliphatic heterocycles. The van der Waals surface area contributed by atoms with Crippen LogP contribution in [0.4, 0.5) is 5.69 Å². The van der Waals surface area contributed by atoms with Crippen LogP contribution in [0.25, 0.3) is 0 Å². The Morgan fingerprint density at radius 1 is 0.957 bits per heavy atom. The first-order valence-electron chi connectivity index (χ1n) is 7.32. The average molecular weight is 323 g/mol. The minimum absolute atomic E-state index is 0.108. The molecule has 0 unspecified atom stereocenters. The number of benzene rings is 2. The summed E-state index contributed by atoms with van der Waals surface area (Å²) in [6.45, 7) is 4.12. The van der Waals surface area contributed by atoms with Gasteiger partial charge in [-0.3, -0.25) is 4.79 Å². The highest BCUT2D eigenvalue weighted by molar-refractivity contribution is 7.12. The van der Waals surface area contributed by atoms with Crippen molar-refractivity contribution >= 4 is 22.9 Å². The third-order valence-electron chi connectivity index (χ3n) is 3.55. The number of carbonyl (C=O) groups is 1. The molecular weight excluding hydrogens is 306 g/mol. The molecule has 3 nitrogen and oxygen atoms in total. The van der Waals surface area contributed by atoms with Crippen LogP contribution in [0.2, 0.25) is 0 Å². The second-order valence-corrected chi connectivity index (χ2v) is 6.26. The molecule has 2 aromatic carbocycles. The van der Waals surface area contributed by atoms with E-state index in [4.69, 9.17) is 4.74 Å². The molecule has 4 heteroatoms. The Kier molecular flexibility index (Phi) is 4.44. The minimum atomic E-state index is -0.108. The molecule has 116 valence electrons. The summed E-state index contributed by atoms with van der Waals surface area (Å²) in [6.07, 6.45) is 0. The number of hydrogen-bond acceptors (Lipinski definition) is 3. The Hall–Kier alpha value is -2.59. The second kappa shape index (κ2) is 6.67. The summed E-state index contributed by atoms with van der Waals surface area (Å²) in [5, 5.41) is 4.77. The maximum Gasteiger partial charge on any atom is 0.265 e. The van der Waals surface area contributed by atoms with Gasteiger partial charge in [0, 0.05) is 11.8 Å². The highest BCUT2D eigenvalue weighted by Crippen LogP contribution is 2.26. The molecule has 1 N–H and O–H groups in total. The molecule has 0 spiro atoms. The van der Waals surface area contributed by atoms with E-state index in [1.165, 1.54) is 22.5 Å². The first-order valence-corrected chi connectivity index (χ1v) is 8.20. The average Bonchev–Trinajstić information content (AvgIpc) is 3.06. The Balaban J connectivity index is 1.74. The van der Waals surface area contributed by atoms with Gasteiger partial charge in [0.1, 0.15) is 11.5 Å². The molecule has 1 heterocycles. The smallest absolute Gasteiger partial charge is 0.265 e. The highest BCUT2D eigenvalue weighted by Gasteiger charge is 2.07. The van der Waals surface area contributed by atoms with Crippen LogP contribution in [0.1, 0.15) is 20.8 Å². The lowest BCUT2D eigenvalue weighted by Crippen LogP contribution is -2.09. The van der Waals surface area contributed by atoms with Crippen molar-refractivity contribution in [3.05, 3.63) is 76.0 Å². The van der Waals surface area contributed by atoms with Gasteiger partial charge in [-0.1, -0.05) is 18.2 Å². The predicted octanol–water partition coefficient (Wildman–Crippen LogP) is 5.41. The van der Waals surface area contributed by atoms with E-state index in [9.17, 15) is 4.79 Å². The number of thiophene rings is 1. The molecule has 0 saturated carbocycles. The maximum atomic E-state index is 12.1. The molecule has 0 atom stereocenters. The lowest BCUT2D eigenvalue weighted by atomic mass is 10.1. The molecule has 23 heavy (non-hydrogen) atoms. The maximum absolute atomic E-state index is 12.1. The monoisotopic (exact) mass is 323 g/mol. The number of aryl methyl sites for hydroxylation is 2. The standard InChI is InChI=1S/C19H17NO2S/c1-13-8-9-17(11-14(13)2)22-16-6-3-5-15(12-16)20-19(21)18-7-4-10-23-18/h3-12H,1-2H3,(H,20,21). The van der Waals surface area contributed by atoms with Crippen LogP contribution in [0, 0.1) is 13.8 Å². The molecule has 3 aromatic rings. The highest BCUT2D eigenvalue weighted by atomic mass is 32.1. The van der Waals surface area contributed by atoms with Gasteiger partial charge in [-0.2, -0.15) is 0 Å². The van der Waals surface area contributed by atoms with Crippen molar-refractivity contribution in [2.24, 2.45) is 0 Å². The number of anilines is 1. The van der Waals surface area contributed by atoms with Crippen molar-refractivity contribution in [1.29, 1.82) is 0 Å². The van der Waals surface area contributed by atoms with Crippen molar-refractivity contribution in [1.82, 2.24) is 0 Å². The van der Waals surface area contributed by atoms with E-state index in [0.29, 0.717) is 16.3 Å². The number of rotatable bonds is 4. The summed E-state index contributed by atoms with van der Waals surface area (Å²) >= 11 is 1.42. The van der Waals surface area contributed by atoms with Gasteiger partial charge in [-0.15, -0.1) is 11.3 Å². The summed E-state index contributed by atoms with van der Waals surface area (Å²) in [5.74, 6) is 1.37. The van der Waals surface area contributed by atoms with E-state index in [1.54, 1.807) is 6.07 Å². The van der Waals surface area contributed by atoms with Crippen molar-refractivity contribution in [3.8, 4) is 11.5 Å². The lowest BCUT2D eigenvalue weighted by Gasteiger charge is -2.10. The van der Waals surface area contributed by atoms with Crippen molar-refractivity contribution in [2.75, 3.05) is 5.32 Å².